The third-order valence-corrected chi connectivity index (χ3v) is 3.04. The zero-order valence-electron chi connectivity index (χ0n) is 8.46. The lowest BCUT2D eigenvalue weighted by Crippen LogP contribution is -2.11. The molecule has 0 aliphatic carbocycles. The first-order chi connectivity index (χ1) is 7.90. The van der Waals surface area contributed by atoms with Gasteiger partial charge in [0.25, 0.3) is 5.69 Å². The van der Waals surface area contributed by atoms with Gasteiger partial charge in [-0.15, -0.1) is 0 Å². The molecule has 0 heterocycles. The number of carboxylic acid groups (broad SMARTS) is 1. The van der Waals surface area contributed by atoms with Crippen molar-refractivity contribution in [3.05, 3.63) is 39.7 Å². The molecule has 1 aromatic rings. The van der Waals surface area contributed by atoms with Crippen LogP contribution in [-0.4, -0.2) is 26.0 Å². The van der Waals surface area contributed by atoms with E-state index in [4.69, 9.17) is 5.11 Å². The van der Waals surface area contributed by atoms with Crippen molar-refractivity contribution in [1.82, 2.24) is 0 Å². The van der Waals surface area contributed by atoms with Gasteiger partial charge in [-0.2, -0.15) is 0 Å². The molecule has 0 aliphatic rings. The van der Waals surface area contributed by atoms with Crippen LogP contribution in [0.5, 0.6) is 0 Å². The Morgan fingerprint density at radius 2 is 2.18 bits per heavy atom. The molecule has 0 amide bonds. The largest absolute Gasteiger partial charge is 0.481 e. The minimum absolute atomic E-state index is 0.0745. The Morgan fingerprint density at radius 3 is 2.71 bits per heavy atom. The van der Waals surface area contributed by atoms with Crippen molar-refractivity contribution in [3.63, 3.8) is 0 Å². The summed E-state index contributed by atoms with van der Waals surface area (Å²) in [5, 5.41) is 19.0. The molecule has 92 valence electrons. The van der Waals surface area contributed by atoms with E-state index in [0.29, 0.717) is 0 Å². The predicted molar refractivity (Wildman–Crippen MR) is 57.4 cm³/mol. The highest BCUT2D eigenvalue weighted by atomic mass is 32.2. The van der Waals surface area contributed by atoms with Crippen LogP contribution in [-0.2, 0) is 21.3 Å². The Kier molecular flexibility index (Phi) is 4.27. The Hall–Kier alpha value is -1.83. The fourth-order valence-corrected chi connectivity index (χ4v) is 2.17. The number of nitro benzene ring substituents is 1. The fourth-order valence-electron chi connectivity index (χ4n) is 1.21. The first kappa shape index (κ1) is 13.2. The maximum absolute atomic E-state index is 12.9. The van der Waals surface area contributed by atoms with Crippen LogP contribution in [0.15, 0.2) is 18.2 Å². The first-order valence-electron chi connectivity index (χ1n) is 4.39. The molecule has 0 spiro atoms. The number of carbonyl (C=O) groups is 1. The molecule has 1 rings (SSSR count). The van der Waals surface area contributed by atoms with E-state index >= 15 is 0 Å². The molecule has 1 unspecified atom stereocenters. The van der Waals surface area contributed by atoms with Crippen LogP contribution >= 0.6 is 0 Å². The average Bonchev–Trinajstić information content (AvgIpc) is 2.15. The number of hydrogen-bond donors (Lipinski definition) is 1. The van der Waals surface area contributed by atoms with E-state index in [1.54, 1.807) is 0 Å². The Morgan fingerprint density at radius 1 is 1.53 bits per heavy atom. The highest BCUT2D eigenvalue weighted by Gasteiger charge is 2.17. The van der Waals surface area contributed by atoms with Gasteiger partial charge in [-0.25, -0.2) is 4.39 Å². The molecule has 0 fully saturated rings. The number of carboxylic acids is 1. The number of benzene rings is 1. The summed E-state index contributed by atoms with van der Waals surface area (Å²) in [5.41, 5.74) is -0.445. The highest BCUT2D eigenvalue weighted by molar-refractivity contribution is 7.84. The lowest BCUT2D eigenvalue weighted by Gasteiger charge is -2.02. The van der Waals surface area contributed by atoms with E-state index in [9.17, 15) is 23.5 Å². The summed E-state index contributed by atoms with van der Waals surface area (Å²) in [6, 6.07) is 2.77. The van der Waals surface area contributed by atoms with Gasteiger partial charge in [-0.3, -0.25) is 19.1 Å². The van der Waals surface area contributed by atoms with Crippen LogP contribution in [0.2, 0.25) is 0 Å². The monoisotopic (exact) mass is 261 g/mol. The lowest BCUT2D eigenvalue weighted by molar-refractivity contribution is -0.385. The molecule has 1 N–H and O–H groups in total. The smallest absolute Gasteiger partial charge is 0.316 e. The van der Waals surface area contributed by atoms with E-state index in [-0.39, 0.29) is 17.0 Å². The maximum atomic E-state index is 12.9. The third-order valence-electron chi connectivity index (χ3n) is 1.84. The standard InChI is InChI=1S/C9H8FNO5S/c10-7-1-2-8(11(14)15)6(3-7)4-17(16)5-9(12)13/h1-3H,4-5H2,(H,12,13). The summed E-state index contributed by atoms with van der Waals surface area (Å²) >= 11 is 0. The van der Waals surface area contributed by atoms with Gasteiger partial charge in [-0.1, -0.05) is 0 Å². The van der Waals surface area contributed by atoms with Crippen LogP contribution in [0.1, 0.15) is 5.56 Å². The fraction of sp³-hybridized carbons (Fsp3) is 0.222. The topological polar surface area (TPSA) is 97.5 Å². The SMILES string of the molecule is O=C(O)CS(=O)Cc1cc(F)ccc1[N+](=O)[O-]. The van der Waals surface area contributed by atoms with Gasteiger partial charge < -0.3 is 5.11 Å². The van der Waals surface area contributed by atoms with Crippen molar-refractivity contribution in [2.24, 2.45) is 0 Å². The van der Waals surface area contributed by atoms with Crippen LogP contribution < -0.4 is 0 Å². The summed E-state index contributed by atoms with van der Waals surface area (Å²) in [6.07, 6.45) is 0. The van der Waals surface area contributed by atoms with Crippen molar-refractivity contribution in [3.8, 4) is 0 Å². The molecular weight excluding hydrogens is 253 g/mol. The zero-order chi connectivity index (χ0) is 13.0. The molecule has 1 aromatic carbocycles. The molecule has 8 heteroatoms. The zero-order valence-corrected chi connectivity index (χ0v) is 9.28. The van der Waals surface area contributed by atoms with E-state index in [0.717, 1.165) is 18.2 Å². The van der Waals surface area contributed by atoms with Crippen LogP contribution in [0.4, 0.5) is 10.1 Å². The van der Waals surface area contributed by atoms with Crippen LogP contribution in [0.25, 0.3) is 0 Å². The van der Waals surface area contributed by atoms with E-state index in [1.807, 2.05) is 0 Å². The molecule has 0 aliphatic heterocycles. The molecule has 0 saturated carbocycles. The number of nitrogens with zero attached hydrogens (tertiary/aromatic N) is 1. The van der Waals surface area contributed by atoms with Crippen molar-refractivity contribution < 1.29 is 23.4 Å². The molecule has 0 bridgehead atoms. The van der Waals surface area contributed by atoms with Crippen molar-refractivity contribution in [2.45, 2.75) is 5.75 Å². The van der Waals surface area contributed by atoms with Crippen molar-refractivity contribution in [1.29, 1.82) is 0 Å². The van der Waals surface area contributed by atoms with Crippen molar-refractivity contribution in [2.75, 3.05) is 5.75 Å². The number of rotatable bonds is 5. The summed E-state index contributed by atoms with van der Waals surface area (Å²) in [7, 11) is -1.81. The Balaban J connectivity index is 2.96. The molecule has 0 radical (unpaired) electrons. The van der Waals surface area contributed by atoms with Crippen LogP contribution in [0, 0.1) is 15.9 Å². The lowest BCUT2D eigenvalue weighted by atomic mass is 10.2. The maximum Gasteiger partial charge on any atom is 0.316 e. The Bertz CT molecular complexity index is 490. The normalized spacial score (nSPS) is 12.1. The molecule has 1 atom stereocenters. The molecule has 6 nitrogen and oxygen atoms in total. The van der Waals surface area contributed by atoms with E-state index in [1.165, 1.54) is 0 Å². The number of hydrogen-bond acceptors (Lipinski definition) is 4. The second-order valence-electron chi connectivity index (χ2n) is 3.15. The van der Waals surface area contributed by atoms with Crippen molar-refractivity contribution >= 4 is 22.5 Å². The van der Waals surface area contributed by atoms with Gasteiger partial charge in [0, 0.05) is 22.4 Å². The second-order valence-corrected chi connectivity index (χ2v) is 4.61. The van der Waals surface area contributed by atoms with Gasteiger partial charge in [-0.05, 0) is 12.1 Å². The summed E-state index contributed by atoms with van der Waals surface area (Å²) in [4.78, 5) is 20.2. The van der Waals surface area contributed by atoms with Gasteiger partial charge in [0.05, 0.1) is 10.7 Å². The first-order valence-corrected chi connectivity index (χ1v) is 5.88. The number of aliphatic carboxylic acids is 1. The Labute approximate surface area is 97.7 Å². The summed E-state index contributed by atoms with van der Waals surface area (Å²) in [6.45, 7) is 0. The second kappa shape index (κ2) is 5.48. The predicted octanol–water partition coefficient (Wildman–Crippen LogP) is 1.07. The minimum atomic E-state index is -1.81. The highest BCUT2D eigenvalue weighted by Crippen LogP contribution is 2.21. The average molecular weight is 261 g/mol. The number of nitro groups is 1. The molecular formula is C9H8FNO5S. The molecule has 0 saturated heterocycles. The third kappa shape index (κ3) is 3.91. The molecule has 17 heavy (non-hydrogen) atoms. The minimum Gasteiger partial charge on any atom is -0.481 e. The summed E-state index contributed by atoms with van der Waals surface area (Å²) < 4.78 is 24.2. The quantitative estimate of drug-likeness (QED) is 0.631. The van der Waals surface area contributed by atoms with E-state index < -0.39 is 33.3 Å². The van der Waals surface area contributed by atoms with Gasteiger partial charge in [0.1, 0.15) is 11.6 Å². The van der Waals surface area contributed by atoms with Crippen LogP contribution in [0.3, 0.4) is 0 Å². The molecule has 0 aromatic heterocycles. The van der Waals surface area contributed by atoms with Gasteiger partial charge in [0.2, 0.25) is 0 Å². The summed E-state index contributed by atoms with van der Waals surface area (Å²) in [5.74, 6) is -2.96. The number of halogens is 1. The van der Waals surface area contributed by atoms with Gasteiger partial charge >= 0.3 is 5.97 Å². The van der Waals surface area contributed by atoms with E-state index in [2.05, 4.69) is 0 Å². The van der Waals surface area contributed by atoms with Gasteiger partial charge in [0.15, 0.2) is 0 Å².